The van der Waals surface area contributed by atoms with E-state index in [0.29, 0.717) is 19.1 Å². The van der Waals surface area contributed by atoms with E-state index in [2.05, 4.69) is 41.2 Å². The summed E-state index contributed by atoms with van der Waals surface area (Å²) in [5, 5.41) is 12.0. The summed E-state index contributed by atoms with van der Waals surface area (Å²) in [6, 6.07) is 6.32. The van der Waals surface area contributed by atoms with Crippen molar-refractivity contribution in [2.75, 3.05) is 19.8 Å². The van der Waals surface area contributed by atoms with Gasteiger partial charge in [-0.2, -0.15) is 0 Å². The maximum absolute atomic E-state index is 8.68. The molecule has 0 bridgehead atoms. The fourth-order valence-electron chi connectivity index (χ4n) is 1.62. The molecule has 96 valence electrons. The molecule has 0 radical (unpaired) electrons. The Morgan fingerprint density at radius 1 is 1.47 bits per heavy atom. The Bertz CT molecular complexity index is 344. The second-order valence-corrected chi connectivity index (χ2v) is 4.74. The Hall–Kier alpha value is -0.580. The van der Waals surface area contributed by atoms with E-state index in [1.54, 1.807) is 0 Å². The second-order valence-electron chi connectivity index (χ2n) is 3.89. The molecule has 1 atom stereocenters. The highest BCUT2D eigenvalue weighted by Crippen LogP contribution is 2.27. The molecular weight excluding hydrogens is 282 g/mol. The highest BCUT2D eigenvalue weighted by Gasteiger charge is 2.08. The summed E-state index contributed by atoms with van der Waals surface area (Å²) in [6.07, 6.45) is 0.660. The van der Waals surface area contributed by atoms with E-state index in [9.17, 15) is 0 Å². The lowest BCUT2D eigenvalue weighted by atomic mass is 10.1. The van der Waals surface area contributed by atoms with Gasteiger partial charge in [0.1, 0.15) is 5.75 Å². The monoisotopic (exact) mass is 301 g/mol. The number of aliphatic hydroxyl groups excluding tert-OH is 1. The third-order valence-electron chi connectivity index (χ3n) is 2.52. The molecule has 0 aliphatic heterocycles. The zero-order valence-electron chi connectivity index (χ0n) is 10.4. The lowest BCUT2D eigenvalue weighted by Gasteiger charge is -2.15. The van der Waals surface area contributed by atoms with Crippen LogP contribution in [-0.2, 0) is 0 Å². The maximum Gasteiger partial charge on any atom is 0.120 e. The van der Waals surface area contributed by atoms with E-state index in [4.69, 9.17) is 9.84 Å². The van der Waals surface area contributed by atoms with Gasteiger partial charge in [-0.15, -0.1) is 0 Å². The van der Waals surface area contributed by atoms with Crippen molar-refractivity contribution in [3.05, 3.63) is 28.2 Å². The first-order valence-corrected chi connectivity index (χ1v) is 6.74. The van der Waals surface area contributed by atoms with Gasteiger partial charge in [0.15, 0.2) is 0 Å². The fraction of sp³-hybridized carbons (Fsp3) is 0.538. The summed E-state index contributed by atoms with van der Waals surface area (Å²) in [5.41, 5.74) is 1.22. The average Bonchev–Trinajstić information content (AvgIpc) is 2.29. The van der Waals surface area contributed by atoms with Crippen molar-refractivity contribution in [2.45, 2.75) is 26.3 Å². The molecular formula is C13H20BrNO2. The highest BCUT2D eigenvalue weighted by molar-refractivity contribution is 9.10. The average molecular weight is 302 g/mol. The molecule has 1 aromatic rings. The number of hydrogen-bond acceptors (Lipinski definition) is 3. The van der Waals surface area contributed by atoms with Gasteiger partial charge in [-0.05, 0) is 31.2 Å². The Morgan fingerprint density at radius 2 is 2.24 bits per heavy atom. The van der Waals surface area contributed by atoms with E-state index in [-0.39, 0.29) is 6.61 Å². The van der Waals surface area contributed by atoms with E-state index >= 15 is 0 Å². The van der Waals surface area contributed by atoms with Gasteiger partial charge >= 0.3 is 0 Å². The van der Waals surface area contributed by atoms with Gasteiger partial charge in [-0.3, -0.25) is 0 Å². The van der Waals surface area contributed by atoms with E-state index < -0.39 is 0 Å². The van der Waals surface area contributed by atoms with Crippen LogP contribution in [0.4, 0.5) is 0 Å². The number of aliphatic hydroxyl groups is 1. The number of ether oxygens (including phenoxy) is 1. The van der Waals surface area contributed by atoms with Gasteiger partial charge in [-0.1, -0.05) is 28.9 Å². The maximum atomic E-state index is 8.68. The van der Waals surface area contributed by atoms with Crippen molar-refractivity contribution in [3.8, 4) is 5.75 Å². The molecule has 3 nitrogen and oxygen atoms in total. The largest absolute Gasteiger partial charge is 0.493 e. The Balaban J connectivity index is 2.65. The summed E-state index contributed by atoms with van der Waals surface area (Å²) in [4.78, 5) is 0. The number of rotatable bonds is 7. The molecule has 0 aliphatic rings. The molecule has 0 saturated carbocycles. The van der Waals surface area contributed by atoms with Gasteiger partial charge in [0.2, 0.25) is 0 Å². The zero-order chi connectivity index (χ0) is 12.7. The predicted octanol–water partition coefficient (Wildman–Crippen LogP) is 2.88. The first kappa shape index (κ1) is 14.5. The molecule has 2 N–H and O–H groups in total. The quantitative estimate of drug-likeness (QED) is 0.761. The molecule has 0 fully saturated rings. The summed E-state index contributed by atoms with van der Waals surface area (Å²) >= 11 is 3.56. The standard InChI is InChI=1S/C13H20BrNO2/c1-3-15-10(2)12-6-5-11(9-13(12)14)17-8-4-7-16/h5-6,9-10,15-16H,3-4,7-8H2,1-2H3. The number of benzene rings is 1. The van der Waals surface area contributed by atoms with Crippen LogP contribution in [0.15, 0.2) is 22.7 Å². The van der Waals surface area contributed by atoms with E-state index in [0.717, 1.165) is 16.8 Å². The summed E-state index contributed by atoms with van der Waals surface area (Å²) in [7, 11) is 0. The topological polar surface area (TPSA) is 41.5 Å². The summed E-state index contributed by atoms with van der Waals surface area (Å²) in [6.45, 7) is 5.89. The molecule has 17 heavy (non-hydrogen) atoms. The van der Waals surface area contributed by atoms with Gasteiger partial charge in [0, 0.05) is 23.5 Å². The van der Waals surface area contributed by atoms with Crippen LogP contribution < -0.4 is 10.1 Å². The molecule has 0 saturated heterocycles. The predicted molar refractivity (Wildman–Crippen MR) is 73.4 cm³/mol. The van der Waals surface area contributed by atoms with Crippen LogP contribution in [0.1, 0.15) is 31.9 Å². The van der Waals surface area contributed by atoms with Crippen LogP contribution in [0.3, 0.4) is 0 Å². The lowest BCUT2D eigenvalue weighted by molar-refractivity contribution is 0.233. The minimum atomic E-state index is 0.163. The molecule has 0 heterocycles. The number of nitrogens with one attached hydrogen (secondary N) is 1. The second kappa shape index (κ2) is 7.69. The third kappa shape index (κ3) is 4.66. The van der Waals surface area contributed by atoms with Crippen molar-refractivity contribution in [3.63, 3.8) is 0 Å². The molecule has 0 amide bonds. The summed E-state index contributed by atoms with van der Waals surface area (Å²) in [5.74, 6) is 0.831. The SMILES string of the molecule is CCNC(C)c1ccc(OCCCO)cc1Br. The number of hydrogen-bond donors (Lipinski definition) is 2. The van der Waals surface area contributed by atoms with Crippen LogP contribution >= 0.6 is 15.9 Å². The van der Waals surface area contributed by atoms with Crippen molar-refractivity contribution in [2.24, 2.45) is 0 Å². The van der Waals surface area contributed by atoms with Crippen molar-refractivity contribution in [1.82, 2.24) is 5.32 Å². The third-order valence-corrected chi connectivity index (χ3v) is 3.21. The summed E-state index contributed by atoms with van der Waals surface area (Å²) < 4.78 is 6.56. The fourth-order valence-corrected chi connectivity index (χ4v) is 2.32. The molecule has 1 unspecified atom stereocenters. The molecule has 0 aromatic heterocycles. The van der Waals surface area contributed by atoms with Gasteiger partial charge in [0.05, 0.1) is 6.61 Å². The van der Waals surface area contributed by atoms with E-state index in [1.807, 2.05) is 12.1 Å². The minimum absolute atomic E-state index is 0.163. The Labute approximate surface area is 111 Å². The first-order valence-electron chi connectivity index (χ1n) is 5.95. The van der Waals surface area contributed by atoms with Gasteiger partial charge in [0.25, 0.3) is 0 Å². The van der Waals surface area contributed by atoms with Crippen molar-refractivity contribution >= 4 is 15.9 Å². The molecule has 1 rings (SSSR count). The normalized spacial score (nSPS) is 12.5. The van der Waals surface area contributed by atoms with Crippen LogP contribution in [0.5, 0.6) is 5.75 Å². The van der Waals surface area contributed by atoms with Gasteiger partial charge in [-0.25, -0.2) is 0 Å². The van der Waals surface area contributed by atoms with E-state index in [1.165, 1.54) is 5.56 Å². The molecule has 0 aliphatic carbocycles. The minimum Gasteiger partial charge on any atom is -0.493 e. The Kier molecular flexibility index (Phi) is 6.55. The highest BCUT2D eigenvalue weighted by atomic mass is 79.9. The van der Waals surface area contributed by atoms with Crippen LogP contribution in [-0.4, -0.2) is 24.9 Å². The number of halogens is 1. The van der Waals surface area contributed by atoms with Crippen molar-refractivity contribution < 1.29 is 9.84 Å². The Morgan fingerprint density at radius 3 is 2.82 bits per heavy atom. The molecule has 0 spiro atoms. The first-order chi connectivity index (χ1) is 8.19. The zero-order valence-corrected chi connectivity index (χ0v) is 12.0. The van der Waals surface area contributed by atoms with Crippen LogP contribution in [0.2, 0.25) is 0 Å². The lowest BCUT2D eigenvalue weighted by Crippen LogP contribution is -2.18. The smallest absolute Gasteiger partial charge is 0.120 e. The molecule has 4 heteroatoms. The van der Waals surface area contributed by atoms with Crippen molar-refractivity contribution in [1.29, 1.82) is 0 Å². The van der Waals surface area contributed by atoms with Gasteiger partial charge < -0.3 is 15.2 Å². The van der Waals surface area contributed by atoms with Crippen LogP contribution in [0, 0.1) is 0 Å². The molecule has 1 aromatic carbocycles. The van der Waals surface area contributed by atoms with Crippen LogP contribution in [0.25, 0.3) is 0 Å².